The third kappa shape index (κ3) is 9.46. The van der Waals surface area contributed by atoms with Crippen LogP contribution >= 0.6 is 0 Å². The molecule has 0 fully saturated rings. The number of sulfonamides is 1. The molecule has 2 rings (SSSR count). The molecular weight excluding hydrogens is 502 g/mol. The molecule has 198 valence electrons. The first-order valence-electron chi connectivity index (χ1n) is 11.6. The number of hydrogen-bond acceptors (Lipinski definition) is 8. The van der Waals surface area contributed by atoms with Crippen LogP contribution in [0.3, 0.4) is 0 Å². The fraction of sp³-hybridized carbons (Fsp3) is 0.360. The number of esters is 1. The second kappa shape index (κ2) is 14.4. The number of ether oxygens (including phenoxy) is 2. The molecule has 0 atom stereocenters. The molecule has 12 heteroatoms. The van der Waals surface area contributed by atoms with Crippen LogP contribution in [0, 0.1) is 22.0 Å². The number of urea groups is 1. The summed E-state index contributed by atoms with van der Waals surface area (Å²) in [6, 6.07) is 8.69. The highest BCUT2D eigenvalue weighted by Gasteiger charge is 2.26. The fourth-order valence-corrected chi connectivity index (χ4v) is 4.13. The summed E-state index contributed by atoms with van der Waals surface area (Å²) in [5.74, 6) is 5.48. The number of rotatable bonds is 12. The Balaban J connectivity index is 2.29. The van der Waals surface area contributed by atoms with E-state index >= 15 is 0 Å². The van der Waals surface area contributed by atoms with Crippen molar-refractivity contribution in [1.29, 1.82) is 0 Å². The van der Waals surface area contributed by atoms with Crippen LogP contribution in [0.5, 0.6) is 11.5 Å². The van der Waals surface area contributed by atoms with E-state index in [0.29, 0.717) is 24.8 Å². The van der Waals surface area contributed by atoms with Crippen molar-refractivity contribution in [3.05, 3.63) is 58.1 Å². The number of carbonyl (C=O) groups is 2. The molecule has 0 aliphatic carbocycles. The molecule has 0 unspecified atom stereocenters. The molecule has 0 saturated carbocycles. The average molecular weight is 532 g/mol. The SMILES string of the molecule is CCCCCNC(=O)NS(=O)(=O)c1cc([N+](=O)[O-])ccc1Oc1ccccc1C#CCCCC(=O)OC. The molecule has 0 heterocycles. The van der Waals surface area contributed by atoms with Gasteiger partial charge in [-0.1, -0.05) is 43.7 Å². The van der Waals surface area contributed by atoms with Crippen LogP contribution in [0.25, 0.3) is 0 Å². The van der Waals surface area contributed by atoms with Gasteiger partial charge >= 0.3 is 12.0 Å². The third-order valence-electron chi connectivity index (χ3n) is 4.96. The lowest BCUT2D eigenvalue weighted by atomic mass is 10.2. The van der Waals surface area contributed by atoms with Crippen LogP contribution in [0.4, 0.5) is 10.5 Å². The molecule has 0 aliphatic heterocycles. The number of unbranched alkanes of at least 4 members (excludes halogenated alkanes) is 3. The van der Waals surface area contributed by atoms with Crippen LogP contribution in [-0.4, -0.2) is 39.0 Å². The number of nitrogens with zero attached hydrogens (tertiary/aromatic N) is 1. The first-order chi connectivity index (χ1) is 17.7. The first kappa shape index (κ1) is 29.1. The van der Waals surface area contributed by atoms with E-state index in [1.807, 2.05) is 11.6 Å². The van der Waals surface area contributed by atoms with Crippen molar-refractivity contribution < 1.29 is 32.4 Å². The minimum absolute atomic E-state index is 0.206. The number of benzene rings is 2. The Hall–Kier alpha value is -4.11. The van der Waals surface area contributed by atoms with E-state index in [0.717, 1.165) is 31.0 Å². The average Bonchev–Trinajstić information content (AvgIpc) is 2.87. The number of hydrogen-bond donors (Lipinski definition) is 2. The molecule has 0 aliphatic rings. The summed E-state index contributed by atoms with van der Waals surface area (Å²) >= 11 is 0. The summed E-state index contributed by atoms with van der Waals surface area (Å²) in [5.41, 5.74) is -0.0568. The molecule has 0 spiro atoms. The van der Waals surface area contributed by atoms with Crippen molar-refractivity contribution in [2.24, 2.45) is 0 Å². The normalized spacial score (nSPS) is 10.5. The maximum atomic E-state index is 13.0. The van der Waals surface area contributed by atoms with E-state index in [9.17, 15) is 28.1 Å². The van der Waals surface area contributed by atoms with Crippen molar-refractivity contribution in [3.8, 4) is 23.3 Å². The number of methoxy groups -OCH3 is 1. The van der Waals surface area contributed by atoms with Crippen LogP contribution in [0.1, 0.15) is 51.0 Å². The Morgan fingerprint density at radius 3 is 2.54 bits per heavy atom. The quantitative estimate of drug-likeness (QED) is 0.135. The summed E-state index contributed by atoms with van der Waals surface area (Å²) in [6.07, 6.45) is 3.61. The van der Waals surface area contributed by atoms with Crippen molar-refractivity contribution in [1.82, 2.24) is 10.0 Å². The predicted octanol–water partition coefficient (Wildman–Crippen LogP) is 4.26. The summed E-state index contributed by atoms with van der Waals surface area (Å²) in [4.78, 5) is 33.3. The second-order valence-corrected chi connectivity index (χ2v) is 9.44. The minimum atomic E-state index is -4.53. The van der Waals surface area contributed by atoms with Gasteiger partial charge in [0.25, 0.3) is 15.7 Å². The van der Waals surface area contributed by atoms with E-state index < -0.39 is 31.6 Å². The van der Waals surface area contributed by atoms with E-state index in [-0.39, 0.29) is 30.4 Å². The van der Waals surface area contributed by atoms with Crippen molar-refractivity contribution in [3.63, 3.8) is 0 Å². The smallest absolute Gasteiger partial charge is 0.328 e. The first-order valence-corrected chi connectivity index (χ1v) is 13.1. The number of carbonyl (C=O) groups excluding carboxylic acids is 2. The monoisotopic (exact) mass is 531 g/mol. The largest absolute Gasteiger partial charge is 0.469 e. The zero-order chi connectivity index (χ0) is 27.3. The Morgan fingerprint density at radius 1 is 1.08 bits per heavy atom. The van der Waals surface area contributed by atoms with Gasteiger partial charge in [0.1, 0.15) is 16.4 Å². The molecule has 2 N–H and O–H groups in total. The zero-order valence-corrected chi connectivity index (χ0v) is 21.4. The molecule has 0 bridgehead atoms. The Kier molecular flexibility index (Phi) is 11.4. The Labute approximate surface area is 215 Å². The van der Waals surface area contributed by atoms with Crippen molar-refractivity contribution in [2.45, 2.75) is 50.3 Å². The Morgan fingerprint density at radius 2 is 1.84 bits per heavy atom. The number of non-ortho nitro benzene ring substituents is 1. The summed E-state index contributed by atoms with van der Waals surface area (Å²) in [7, 11) is -3.22. The highest BCUT2D eigenvalue weighted by atomic mass is 32.2. The molecule has 0 aromatic heterocycles. The van der Waals surface area contributed by atoms with E-state index in [2.05, 4.69) is 21.9 Å². The highest BCUT2D eigenvalue weighted by molar-refractivity contribution is 7.90. The molecule has 11 nitrogen and oxygen atoms in total. The second-order valence-electron chi connectivity index (χ2n) is 7.79. The van der Waals surface area contributed by atoms with E-state index in [1.54, 1.807) is 24.3 Å². The molecule has 2 amide bonds. The third-order valence-corrected chi connectivity index (χ3v) is 6.31. The standard InChI is InChI=1S/C25H29N3O8S/c1-3-4-10-17-26-25(30)27-37(33,34)23-18-20(28(31)32)15-16-22(23)36-21-13-9-8-12-19(21)11-6-5-7-14-24(29)35-2/h8-9,12-13,15-16,18H,3-5,7,10,14,17H2,1-2H3,(H2,26,27,30). The number of para-hydroxylation sites is 1. The summed E-state index contributed by atoms with van der Waals surface area (Å²) in [5, 5.41) is 13.7. The van der Waals surface area contributed by atoms with Crippen LogP contribution in [0.2, 0.25) is 0 Å². The molecular formula is C25H29N3O8S. The molecule has 2 aromatic rings. The maximum absolute atomic E-state index is 13.0. The lowest BCUT2D eigenvalue weighted by molar-refractivity contribution is -0.385. The number of nitrogens with one attached hydrogen (secondary N) is 2. The van der Waals surface area contributed by atoms with Gasteiger partial charge in [-0.25, -0.2) is 17.9 Å². The lowest BCUT2D eigenvalue weighted by Crippen LogP contribution is -2.39. The van der Waals surface area contributed by atoms with Gasteiger partial charge in [-0.15, -0.1) is 0 Å². The van der Waals surface area contributed by atoms with Gasteiger partial charge in [-0.3, -0.25) is 14.9 Å². The lowest BCUT2D eigenvalue weighted by Gasteiger charge is -2.14. The number of nitro benzene ring substituents is 1. The summed E-state index contributed by atoms with van der Waals surface area (Å²) in [6.45, 7) is 2.27. The number of nitro groups is 1. The number of amides is 2. The highest BCUT2D eigenvalue weighted by Crippen LogP contribution is 2.33. The Bertz CT molecular complexity index is 1280. The van der Waals surface area contributed by atoms with E-state index in [1.165, 1.54) is 7.11 Å². The van der Waals surface area contributed by atoms with Gasteiger partial charge in [-0.2, -0.15) is 0 Å². The zero-order valence-electron chi connectivity index (χ0n) is 20.6. The van der Waals surface area contributed by atoms with Crippen LogP contribution in [-0.2, 0) is 19.6 Å². The van der Waals surface area contributed by atoms with Gasteiger partial charge in [-0.05, 0) is 31.0 Å². The fourth-order valence-electron chi connectivity index (χ4n) is 3.05. The van der Waals surface area contributed by atoms with Gasteiger partial charge in [0.05, 0.1) is 17.6 Å². The maximum Gasteiger partial charge on any atom is 0.328 e. The molecule has 37 heavy (non-hydrogen) atoms. The van der Waals surface area contributed by atoms with Crippen LogP contribution in [0.15, 0.2) is 47.4 Å². The van der Waals surface area contributed by atoms with Crippen molar-refractivity contribution >= 4 is 27.7 Å². The van der Waals surface area contributed by atoms with E-state index in [4.69, 9.17) is 4.74 Å². The van der Waals surface area contributed by atoms with Gasteiger partial charge in [0, 0.05) is 31.5 Å². The molecule has 0 radical (unpaired) electrons. The summed E-state index contributed by atoms with van der Waals surface area (Å²) < 4.78 is 38.2. The van der Waals surface area contributed by atoms with Gasteiger partial charge in [0.15, 0.2) is 0 Å². The van der Waals surface area contributed by atoms with Gasteiger partial charge in [0.2, 0.25) is 0 Å². The topological polar surface area (TPSA) is 154 Å². The minimum Gasteiger partial charge on any atom is -0.469 e. The van der Waals surface area contributed by atoms with Gasteiger partial charge < -0.3 is 14.8 Å². The predicted molar refractivity (Wildman–Crippen MR) is 136 cm³/mol. The van der Waals surface area contributed by atoms with Crippen LogP contribution < -0.4 is 14.8 Å². The van der Waals surface area contributed by atoms with Crippen molar-refractivity contribution in [2.75, 3.05) is 13.7 Å². The molecule has 0 saturated heterocycles. The molecule has 2 aromatic carbocycles.